The van der Waals surface area contributed by atoms with Crippen molar-refractivity contribution in [3.8, 4) is 11.5 Å². The van der Waals surface area contributed by atoms with Crippen LogP contribution >= 0.6 is 15.9 Å². The van der Waals surface area contributed by atoms with E-state index < -0.39 is 12.1 Å². The van der Waals surface area contributed by atoms with Crippen molar-refractivity contribution in [3.63, 3.8) is 0 Å². The van der Waals surface area contributed by atoms with Gasteiger partial charge >= 0.3 is 5.97 Å². The van der Waals surface area contributed by atoms with Gasteiger partial charge in [-0.05, 0) is 41.4 Å². The Hall–Kier alpha value is -1.56. The third-order valence-electron chi connectivity index (χ3n) is 2.37. The molecule has 0 saturated carbocycles. The molecule has 1 aromatic rings. The monoisotopic (exact) mass is 330 g/mol. The quantitative estimate of drug-likeness (QED) is 0.778. The average molecular weight is 331 g/mol. The van der Waals surface area contributed by atoms with E-state index in [4.69, 9.17) is 14.6 Å². The number of carboxylic acid groups (broad SMARTS) is 1. The minimum atomic E-state index is -1.05. The van der Waals surface area contributed by atoms with Crippen LogP contribution in [0.4, 0.5) is 0 Å². The summed E-state index contributed by atoms with van der Waals surface area (Å²) in [4.78, 5) is 21.8. The van der Waals surface area contributed by atoms with Crippen LogP contribution in [0.2, 0.25) is 0 Å². The zero-order valence-corrected chi connectivity index (χ0v) is 12.3. The summed E-state index contributed by atoms with van der Waals surface area (Å²) in [5.74, 6) is -0.406. The third kappa shape index (κ3) is 3.96. The molecule has 0 bridgehead atoms. The Morgan fingerprint density at radius 3 is 2.63 bits per heavy atom. The lowest BCUT2D eigenvalue weighted by atomic mass is 10.2. The zero-order chi connectivity index (χ0) is 14.4. The Labute approximate surface area is 119 Å². The number of carboxylic acids is 1. The molecule has 0 aliphatic heterocycles. The van der Waals surface area contributed by atoms with Gasteiger partial charge in [-0.1, -0.05) is 6.92 Å². The van der Waals surface area contributed by atoms with Crippen molar-refractivity contribution in [2.24, 2.45) is 0 Å². The molecule has 0 aliphatic carbocycles. The van der Waals surface area contributed by atoms with E-state index in [1.807, 2.05) is 0 Å². The molecule has 0 saturated heterocycles. The van der Waals surface area contributed by atoms with Gasteiger partial charge in [0, 0.05) is 5.56 Å². The summed E-state index contributed by atoms with van der Waals surface area (Å²) in [5, 5.41) is 9.01. The van der Waals surface area contributed by atoms with Gasteiger partial charge in [-0.15, -0.1) is 0 Å². The highest BCUT2D eigenvalue weighted by molar-refractivity contribution is 9.10. The lowest BCUT2D eigenvalue weighted by Gasteiger charge is -2.18. The maximum absolute atomic E-state index is 11.0. The molecule has 0 heterocycles. The average Bonchev–Trinajstić information content (AvgIpc) is 2.37. The predicted octanol–water partition coefficient (Wildman–Crippen LogP) is 2.90. The fourth-order valence-electron chi connectivity index (χ4n) is 1.48. The van der Waals surface area contributed by atoms with E-state index in [9.17, 15) is 9.59 Å². The van der Waals surface area contributed by atoms with Crippen LogP contribution in [0.1, 0.15) is 30.6 Å². The molecule has 0 radical (unpaired) electrons. The number of carbonyl (C=O) groups is 2. The Morgan fingerprint density at radius 2 is 2.16 bits per heavy atom. The first-order chi connectivity index (χ1) is 9.03. The molecule has 1 rings (SSSR count). The van der Waals surface area contributed by atoms with E-state index in [1.54, 1.807) is 19.9 Å². The molecule has 104 valence electrons. The minimum absolute atomic E-state index is 0.293. The number of aliphatic carboxylic acids is 1. The van der Waals surface area contributed by atoms with Gasteiger partial charge in [-0.2, -0.15) is 0 Å². The van der Waals surface area contributed by atoms with Crippen LogP contribution < -0.4 is 9.47 Å². The molecule has 6 heteroatoms. The molecule has 1 aromatic carbocycles. The van der Waals surface area contributed by atoms with Crippen LogP contribution in [0.15, 0.2) is 16.6 Å². The van der Waals surface area contributed by atoms with E-state index in [0.29, 0.717) is 40.8 Å². The second-order valence-corrected chi connectivity index (χ2v) is 4.59. The molecular formula is C13H15BrO5. The maximum Gasteiger partial charge on any atom is 0.344 e. The highest BCUT2D eigenvalue weighted by Crippen LogP contribution is 2.37. The lowest BCUT2D eigenvalue weighted by Crippen LogP contribution is -2.26. The van der Waals surface area contributed by atoms with Crippen LogP contribution in [0.5, 0.6) is 11.5 Å². The summed E-state index contributed by atoms with van der Waals surface area (Å²) in [6.45, 7) is 3.89. The van der Waals surface area contributed by atoms with Crippen molar-refractivity contribution in [1.29, 1.82) is 0 Å². The zero-order valence-electron chi connectivity index (χ0n) is 10.7. The van der Waals surface area contributed by atoms with Crippen molar-refractivity contribution in [2.45, 2.75) is 26.4 Å². The maximum atomic E-state index is 11.0. The molecular weight excluding hydrogens is 316 g/mol. The van der Waals surface area contributed by atoms with Gasteiger partial charge in [-0.3, -0.25) is 4.79 Å². The highest BCUT2D eigenvalue weighted by Gasteiger charge is 2.21. The lowest BCUT2D eigenvalue weighted by molar-refractivity contribution is -0.145. The number of rotatable bonds is 7. The van der Waals surface area contributed by atoms with Gasteiger partial charge in [0.2, 0.25) is 0 Å². The van der Waals surface area contributed by atoms with Gasteiger partial charge < -0.3 is 14.6 Å². The molecule has 0 fully saturated rings. The summed E-state index contributed by atoms with van der Waals surface area (Å²) in [6.07, 6.45) is 0.0477. The SMILES string of the molecule is CCOc1cc(C=O)cc(Br)c1OC(CC)C(=O)O. The first kappa shape index (κ1) is 15.5. The van der Waals surface area contributed by atoms with Gasteiger partial charge in [0.05, 0.1) is 11.1 Å². The van der Waals surface area contributed by atoms with Crippen molar-refractivity contribution in [2.75, 3.05) is 6.61 Å². The number of hydrogen-bond acceptors (Lipinski definition) is 4. The van der Waals surface area contributed by atoms with Crippen molar-refractivity contribution >= 4 is 28.2 Å². The second kappa shape index (κ2) is 7.13. The number of carbonyl (C=O) groups excluding carboxylic acids is 1. The number of benzene rings is 1. The minimum Gasteiger partial charge on any atom is -0.490 e. The Morgan fingerprint density at radius 1 is 1.47 bits per heavy atom. The second-order valence-electron chi connectivity index (χ2n) is 3.73. The highest BCUT2D eigenvalue weighted by atomic mass is 79.9. The normalized spacial score (nSPS) is 11.7. The van der Waals surface area contributed by atoms with Gasteiger partial charge in [0.1, 0.15) is 6.29 Å². The standard InChI is InChI=1S/C13H15BrO5/c1-3-10(13(16)17)19-12-9(14)5-8(7-15)6-11(12)18-4-2/h5-7,10H,3-4H2,1-2H3,(H,16,17). The first-order valence-electron chi connectivity index (χ1n) is 5.84. The summed E-state index contributed by atoms with van der Waals surface area (Å²) >= 11 is 3.26. The number of aldehydes is 1. The van der Waals surface area contributed by atoms with Gasteiger partial charge in [0.25, 0.3) is 0 Å². The molecule has 0 aromatic heterocycles. The predicted molar refractivity (Wildman–Crippen MR) is 73.0 cm³/mol. The Bertz CT molecular complexity index is 472. The van der Waals surface area contributed by atoms with E-state index in [-0.39, 0.29) is 0 Å². The molecule has 0 amide bonds. The Kier molecular flexibility index (Phi) is 5.82. The molecule has 5 nitrogen and oxygen atoms in total. The fraction of sp³-hybridized carbons (Fsp3) is 0.385. The fourth-order valence-corrected chi connectivity index (χ4v) is 2.04. The third-order valence-corrected chi connectivity index (χ3v) is 2.96. The van der Waals surface area contributed by atoms with Crippen LogP contribution in [-0.4, -0.2) is 30.1 Å². The van der Waals surface area contributed by atoms with Gasteiger partial charge in [-0.25, -0.2) is 4.79 Å². The van der Waals surface area contributed by atoms with Gasteiger partial charge in [0.15, 0.2) is 17.6 Å². The number of hydrogen-bond donors (Lipinski definition) is 1. The van der Waals surface area contributed by atoms with Crippen LogP contribution in [0.3, 0.4) is 0 Å². The Balaban J connectivity index is 3.16. The molecule has 1 atom stereocenters. The first-order valence-corrected chi connectivity index (χ1v) is 6.63. The van der Waals surface area contributed by atoms with E-state index in [2.05, 4.69) is 15.9 Å². The summed E-state index contributed by atoms with van der Waals surface area (Å²) in [6, 6.07) is 3.07. The van der Waals surface area contributed by atoms with Crippen LogP contribution in [0.25, 0.3) is 0 Å². The largest absolute Gasteiger partial charge is 0.490 e. The summed E-state index contributed by atoms with van der Waals surface area (Å²) in [5.41, 5.74) is 0.422. The number of halogens is 1. The molecule has 1 unspecified atom stereocenters. The molecule has 0 aliphatic rings. The van der Waals surface area contributed by atoms with Crippen LogP contribution in [0, 0.1) is 0 Å². The van der Waals surface area contributed by atoms with E-state index in [0.717, 1.165) is 0 Å². The van der Waals surface area contributed by atoms with Crippen molar-refractivity contribution in [3.05, 3.63) is 22.2 Å². The van der Waals surface area contributed by atoms with Crippen molar-refractivity contribution < 1.29 is 24.2 Å². The molecule has 1 N–H and O–H groups in total. The van der Waals surface area contributed by atoms with E-state index >= 15 is 0 Å². The molecule has 19 heavy (non-hydrogen) atoms. The number of ether oxygens (including phenoxy) is 2. The topological polar surface area (TPSA) is 72.8 Å². The van der Waals surface area contributed by atoms with E-state index in [1.165, 1.54) is 6.07 Å². The van der Waals surface area contributed by atoms with Crippen LogP contribution in [-0.2, 0) is 4.79 Å². The molecule has 0 spiro atoms. The smallest absolute Gasteiger partial charge is 0.344 e. The summed E-state index contributed by atoms with van der Waals surface area (Å²) < 4.78 is 11.3. The van der Waals surface area contributed by atoms with Crippen molar-refractivity contribution in [1.82, 2.24) is 0 Å². The summed E-state index contributed by atoms with van der Waals surface area (Å²) in [7, 11) is 0.